The Morgan fingerprint density at radius 1 is 1.26 bits per heavy atom. The van der Waals surface area contributed by atoms with Gasteiger partial charge >= 0.3 is 0 Å². The van der Waals surface area contributed by atoms with E-state index in [1.807, 2.05) is 0 Å². The Morgan fingerprint density at radius 3 is 2.58 bits per heavy atom. The fraction of sp³-hybridized carbons (Fsp3) is 0.500. The van der Waals surface area contributed by atoms with Crippen LogP contribution < -0.4 is 5.32 Å². The Labute approximate surface area is 112 Å². The standard InChI is InChI=1S/C14H18N2O3/c17-10-12-7-5-11(6-8-12)9-15-13-3-1-2-4-14(13)16(18)19/h1-4,10-12,15H,5-9H2. The molecule has 0 atom stereocenters. The number of hydrogen-bond donors (Lipinski definition) is 1. The molecular weight excluding hydrogens is 244 g/mol. The van der Waals surface area contributed by atoms with Crippen LogP contribution in [0.4, 0.5) is 11.4 Å². The van der Waals surface area contributed by atoms with Gasteiger partial charge in [-0.2, -0.15) is 0 Å². The Kier molecular flexibility index (Phi) is 4.49. The maximum Gasteiger partial charge on any atom is 0.292 e. The van der Waals surface area contributed by atoms with Crippen molar-refractivity contribution in [1.82, 2.24) is 0 Å². The van der Waals surface area contributed by atoms with Gasteiger partial charge in [-0.05, 0) is 37.7 Å². The lowest BCUT2D eigenvalue weighted by Gasteiger charge is -2.25. The fourth-order valence-electron chi connectivity index (χ4n) is 2.57. The van der Waals surface area contributed by atoms with E-state index < -0.39 is 0 Å². The van der Waals surface area contributed by atoms with Crippen LogP contribution in [0.25, 0.3) is 0 Å². The molecule has 0 aliphatic heterocycles. The molecule has 0 saturated heterocycles. The van der Waals surface area contributed by atoms with Gasteiger partial charge in [0.15, 0.2) is 0 Å². The molecule has 0 spiro atoms. The summed E-state index contributed by atoms with van der Waals surface area (Å²) in [5.41, 5.74) is 0.689. The molecule has 0 heterocycles. The molecule has 0 aromatic heterocycles. The van der Waals surface area contributed by atoms with Crippen LogP contribution in [0.2, 0.25) is 0 Å². The summed E-state index contributed by atoms with van der Waals surface area (Å²) in [6.45, 7) is 0.733. The number of hydrogen-bond acceptors (Lipinski definition) is 4. The summed E-state index contributed by atoms with van der Waals surface area (Å²) in [5, 5.41) is 14.0. The van der Waals surface area contributed by atoms with Crippen molar-refractivity contribution in [2.45, 2.75) is 25.7 Å². The summed E-state index contributed by atoms with van der Waals surface area (Å²) in [6, 6.07) is 6.69. The van der Waals surface area contributed by atoms with Crippen LogP contribution in [0.15, 0.2) is 24.3 Å². The van der Waals surface area contributed by atoms with Gasteiger partial charge in [0.1, 0.15) is 12.0 Å². The predicted octanol–water partition coefficient (Wildman–Crippen LogP) is 3.01. The molecule has 5 heteroatoms. The monoisotopic (exact) mass is 262 g/mol. The fourth-order valence-corrected chi connectivity index (χ4v) is 2.57. The van der Waals surface area contributed by atoms with Crippen LogP contribution in [0.1, 0.15) is 25.7 Å². The molecule has 2 rings (SSSR count). The van der Waals surface area contributed by atoms with Gasteiger partial charge in [-0.25, -0.2) is 0 Å². The van der Waals surface area contributed by atoms with Crippen molar-refractivity contribution in [1.29, 1.82) is 0 Å². The molecule has 0 amide bonds. The second-order valence-corrected chi connectivity index (χ2v) is 5.07. The van der Waals surface area contributed by atoms with Gasteiger partial charge in [0.25, 0.3) is 5.69 Å². The van der Waals surface area contributed by atoms with Crippen molar-refractivity contribution >= 4 is 17.7 Å². The number of rotatable bonds is 5. The number of carbonyl (C=O) groups excluding carboxylic acids is 1. The first kappa shape index (κ1) is 13.5. The van der Waals surface area contributed by atoms with Gasteiger partial charge in [-0.3, -0.25) is 10.1 Å². The number of carbonyl (C=O) groups is 1. The molecule has 1 fully saturated rings. The highest BCUT2D eigenvalue weighted by molar-refractivity contribution is 5.61. The minimum atomic E-state index is -0.369. The molecule has 1 aromatic carbocycles. The van der Waals surface area contributed by atoms with Crippen LogP contribution in [0.5, 0.6) is 0 Å². The first-order valence-corrected chi connectivity index (χ1v) is 6.63. The van der Waals surface area contributed by atoms with Gasteiger partial charge in [-0.15, -0.1) is 0 Å². The van der Waals surface area contributed by atoms with Gasteiger partial charge in [0.05, 0.1) is 4.92 Å². The topological polar surface area (TPSA) is 72.2 Å². The molecular formula is C14H18N2O3. The minimum absolute atomic E-state index is 0.115. The highest BCUT2D eigenvalue weighted by atomic mass is 16.6. The third-order valence-electron chi connectivity index (χ3n) is 3.77. The molecule has 0 unspecified atom stereocenters. The minimum Gasteiger partial charge on any atom is -0.379 e. The van der Waals surface area contributed by atoms with E-state index >= 15 is 0 Å². The number of para-hydroxylation sites is 2. The van der Waals surface area contributed by atoms with E-state index in [4.69, 9.17) is 0 Å². The molecule has 0 radical (unpaired) electrons. The predicted molar refractivity (Wildman–Crippen MR) is 73.1 cm³/mol. The average Bonchev–Trinajstić information content (AvgIpc) is 2.46. The largest absolute Gasteiger partial charge is 0.379 e. The van der Waals surface area contributed by atoms with E-state index in [1.165, 1.54) is 6.07 Å². The number of anilines is 1. The smallest absolute Gasteiger partial charge is 0.292 e. The Hall–Kier alpha value is -1.91. The number of benzene rings is 1. The quantitative estimate of drug-likeness (QED) is 0.503. The molecule has 0 bridgehead atoms. The maximum atomic E-state index is 10.9. The second-order valence-electron chi connectivity index (χ2n) is 5.07. The van der Waals surface area contributed by atoms with Gasteiger partial charge in [0.2, 0.25) is 0 Å². The van der Waals surface area contributed by atoms with Crippen molar-refractivity contribution in [2.75, 3.05) is 11.9 Å². The Morgan fingerprint density at radius 2 is 1.95 bits per heavy atom. The molecule has 1 saturated carbocycles. The van der Waals surface area contributed by atoms with Gasteiger partial charge < -0.3 is 10.1 Å². The highest BCUT2D eigenvalue weighted by Crippen LogP contribution is 2.29. The molecule has 1 aliphatic carbocycles. The lowest BCUT2D eigenvalue weighted by molar-refractivity contribution is -0.384. The first-order valence-electron chi connectivity index (χ1n) is 6.63. The van der Waals surface area contributed by atoms with Crippen LogP contribution in [0.3, 0.4) is 0 Å². The molecule has 1 aromatic rings. The van der Waals surface area contributed by atoms with Gasteiger partial charge in [0, 0.05) is 18.5 Å². The number of aldehydes is 1. The molecule has 102 valence electrons. The van der Waals surface area contributed by atoms with Gasteiger partial charge in [-0.1, -0.05) is 12.1 Å². The maximum absolute atomic E-state index is 10.9. The number of nitro groups is 1. The number of nitro benzene ring substituents is 1. The molecule has 1 aliphatic rings. The lowest BCUT2D eigenvalue weighted by Crippen LogP contribution is -2.22. The normalized spacial score (nSPS) is 22.7. The molecule has 5 nitrogen and oxygen atoms in total. The third-order valence-corrected chi connectivity index (χ3v) is 3.77. The van der Waals surface area contributed by atoms with Crippen LogP contribution >= 0.6 is 0 Å². The Balaban J connectivity index is 1.89. The van der Waals surface area contributed by atoms with Crippen LogP contribution in [-0.4, -0.2) is 17.8 Å². The zero-order chi connectivity index (χ0) is 13.7. The summed E-state index contributed by atoms with van der Waals surface area (Å²) in [7, 11) is 0. The number of nitrogens with one attached hydrogen (secondary N) is 1. The average molecular weight is 262 g/mol. The van der Waals surface area contributed by atoms with Crippen molar-refractivity contribution in [2.24, 2.45) is 11.8 Å². The van der Waals surface area contributed by atoms with Crippen molar-refractivity contribution in [3.63, 3.8) is 0 Å². The van der Waals surface area contributed by atoms with Crippen molar-refractivity contribution in [3.05, 3.63) is 34.4 Å². The van der Waals surface area contributed by atoms with E-state index in [0.29, 0.717) is 11.6 Å². The number of nitrogens with zero attached hydrogens (tertiary/aromatic N) is 1. The zero-order valence-electron chi connectivity index (χ0n) is 10.7. The van der Waals surface area contributed by atoms with Crippen molar-refractivity contribution < 1.29 is 9.72 Å². The second kappa shape index (κ2) is 6.31. The van der Waals surface area contributed by atoms with Crippen molar-refractivity contribution in [3.8, 4) is 0 Å². The van der Waals surface area contributed by atoms with E-state index in [2.05, 4.69) is 5.32 Å². The van der Waals surface area contributed by atoms with E-state index in [0.717, 1.165) is 38.5 Å². The summed E-state index contributed by atoms with van der Waals surface area (Å²) in [6.07, 6.45) is 4.94. The third kappa shape index (κ3) is 3.53. The van der Waals surface area contributed by atoms with E-state index in [1.54, 1.807) is 18.2 Å². The van der Waals surface area contributed by atoms with Crippen LogP contribution in [-0.2, 0) is 4.79 Å². The van der Waals surface area contributed by atoms with Crippen LogP contribution in [0, 0.1) is 22.0 Å². The SMILES string of the molecule is O=CC1CCC(CNc2ccccc2[N+](=O)[O-])CC1. The van der Waals surface area contributed by atoms with E-state index in [-0.39, 0.29) is 16.5 Å². The summed E-state index contributed by atoms with van der Waals surface area (Å²) < 4.78 is 0. The summed E-state index contributed by atoms with van der Waals surface area (Å²) in [5.74, 6) is 0.707. The summed E-state index contributed by atoms with van der Waals surface area (Å²) in [4.78, 5) is 21.2. The molecule has 19 heavy (non-hydrogen) atoms. The van der Waals surface area contributed by atoms with E-state index in [9.17, 15) is 14.9 Å². The molecule has 1 N–H and O–H groups in total. The lowest BCUT2D eigenvalue weighted by atomic mass is 9.83. The Bertz CT molecular complexity index is 454. The summed E-state index contributed by atoms with van der Waals surface area (Å²) >= 11 is 0. The first-order chi connectivity index (χ1) is 9.20. The zero-order valence-corrected chi connectivity index (χ0v) is 10.7. The highest BCUT2D eigenvalue weighted by Gasteiger charge is 2.21.